The first-order valence-electron chi connectivity index (χ1n) is 23.1. The molecule has 0 bridgehead atoms. The summed E-state index contributed by atoms with van der Waals surface area (Å²) < 4.78 is 5.66. The number of rotatable bonds is 40. The van der Waals surface area contributed by atoms with Gasteiger partial charge in [-0.25, -0.2) is 0 Å². The van der Waals surface area contributed by atoms with Crippen LogP contribution < -0.4 is 0 Å². The van der Waals surface area contributed by atoms with Gasteiger partial charge in [-0.1, -0.05) is 193 Å². The minimum Gasteiger partial charge on any atom is -0.466 e. The Morgan fingerprint density at radius 2 is 0.922 bits per heavy atom. The van der Waals surface area contributed by atoms with Crippen LogP contribution in [0.1, 0.15) is 240 Å². The van der Waals surface area contributed by atoms with Crippen molar-refractivity contribution in [2.24, 2.45) is 11.8 Å². The largest absolute Gasteiger partial charge is 0.466 e. The van der Waals surface area contributed by atoms with E-state index in [1.807, 2.05) is 0 Å². The van der Waals surface area contributed by atoms with Gasteiger partial charge in [0.1, 0.15) is 0 Å². The fourth-order valence-corrected chi connectivity index (χ4v) is 7.30. The molecule has 3 nitrogen and oxygen atoms in total. The Morgan fingerprint density at radius 3 is 1.43 bits per heavy atom. The lowest BCUT2D eigenvalue weighted by atomic mass is 9.91. The van der Waals surface area contributed by atoms with Crippen LogP contribution in [0.3, 0.4) is 0 Å². The normalized spacial score (nSPS) is 12.8. The van der Waals surface area contributed by atoms with Gasteiger partial charge in [-0.2, -0.15) is 0 Å². The summed E-state index contributed by atoms with van der Waals surface area (Å²) in [6.07, 6.45) is 50.7. The van der Waals surface area contributed by atoms with Crippen molar-refractivity contribution in [3.63, 3.8) is 0 Å². The van der Waals surface area contributed by atoms with Gasteiger partial charge in [-0.3, -0.25) is 4.79 Å². The molecule has 0 aromatic heterocycles. The number of nitrogens with zero attached hydrogens (tertiary/aromatic N) is 1. The van der Waals surface area contributed by atoms with Crippen LogP contribution in [0.5, 0.6) is 0 Å². The second kappa shape index (κ2) is 40.1. The average molecular weight is 716 g/mol. The molecule has 0 saturated carbocycles. The third-order valence-corrected chi connectivity index (χ3v) is 11.3. The van der Waals surface area contributed by atoms with E-state index in [0.29, 0.717) is 19.1 Å². The van der Waals surface area contributed by atoms with Gasteiger partial charge >= 0.3 is 5.97 Å². The predicted octanol–water partition coefficient (Wildman–Crippen LogP) is 15.8. The lowest BCUT2D eigenvalue weighted by Crippen LogP contribution is -2.28. The summed E-state index contributed by atoms with van der Waals surface area (Å²) in [6, 6.07) is 0.638. The SMILES string of the molecule is CCCCC/C=C\C/C=C\CCCCCCCCCC(CCCCCCCCC(=O)OCCC(CCCCC)CCCCC)CCN(C)C(C)C. The van der Waals surface area contributed by atoms with E-state index in [1.165, 1.54) is 186 Å². The molecule has 0 spiro atoms. The summed E-state index contributed by atoms with van der Waals surface area (Å²) >= 11 is 0. The molecule has 0 aliphatic heterocycles. The van der Waals surface area contributed by atoms with Gasteiger partial charge in [0.2, 0.25) is 0 Å². The molecule has 302 valence electrons. The third-order valence-electron chi connectivity index (χ3n) is 11.3. The Morgan fingerprint density at radius 1 is 0.510 bits per heavy atom. The smallest absolute Gasteiger partial charge is 0.305 e. The molecule has 0 rings (SSSR count). The topological polar surface area (TPSA) is 29.5 Å². The first-order chi connectivity index (χ1) is 24.9. The number of hydrogen-bond donors (Lipinski definition) is 0. The Bertz CT molecular complexity index is 748. The number of ether oxygens (including phenoxy) is 1. The van der Waals surface area contributed by atoms with Crippen LogP contribution in [-0.2, 0) is 9.53 Å². The second-order valence-corrected chi connectivity index (χ2v) is 16.5. The number of carbonyl (C=O) groups is 1. The number of hydrogen-bond acceptors (Lipinski definition) is 3. The molecule has 0 aliphatic carbocycles. The third kappa shape index (κ3) is 37.0. The lowest BCUT2D eigenvalue weighted by Gasteiger charge is -2.24. The van der Waals surface area contributed by atoms with E-state index in [4.69, 9.17) is 4.74 Å². The van der Waals surface area contributed by atoms with E-state index in [9.17, 15) is 4.79 Å². The summed E-state index contributed by atoms with van der Waals surface area (Å²) in [4.78, 5) is 14.9. The number of unbranched alkanes of at least 4 members (excludes halogenated alkanes) is 19. The molecule has 1 unspecified atom stereocenters. The van der Waals surface area contributed by atoms with Crippen LogP contribution in [0.15, 0.2) is 24.3 Å². The van der Waals surface area contributed by atoms with Crippen LogP contribution in [0.2, 0.25) is 0 Å². The molecule has 0 radical (unpaired) electrons. The molecule has 1 atom stereocenters. The van der Waals surface area contributed by atoms with Gasteiger partial charge in [-0.05, 0) is 90.6 Å². The molecule has 0 N–H and O–H groups in total. The van der Waals surface area contributed by atoms with Crippen molar-refractivity contribution >= 4 is 5.97 Å². The molecule has 3 heteroatoms. The Hall–Kier alpha value is -1.09. The Labute approximate surface area is 322 Å². The lowest BCUT2D eigenvalue weighted by molar-refractivity contribution is -0.144. The number of esters is 1. The Balaban J connectivity index is 4.01. The first kappa shape index (κ1) is 49.9. The maximum absolute atomic E-state index is 12.3. The van der Waals surface area contributed by atoms with E-state index in [2.05, 4.69) is 70.9 Å². The van der Waals surface area contributed by atoms with Crippen LogP contribution in [0.25, 0.3) is 0 Å². The molecule has 0 fully saturated rings. The zero-order chi connectivity index (χ0) is 37.5. The maximum Gasteiger partial charge on any atom is 0.305 e. The van der Waals surface area contributed by atoms with E-state index in [-0.39, 0.29) is 5.97 Å². The highest BCUT2D eigenvalue weighted by Crippen LogP contribution is 2.24. The summed E-state index contributed by atoms with van der Waals surface area (Å²) in [7, 11) is 2.29. The van der Waals surface area contributed by atoms with Crippen LogP contribution >= 0.6 is 0 Å². The molecule has 0 aromatic rings. The van der Waals surface area contributed by atoms with Gasteiger partial charge in [0.15, 0.2) is 0 Å². The molecule has 51 heavy (non-hydrogen) atoms. The zero-order valence-corrected chi connectivity index (χ0v) is 35.8. The standard InChI is InChI=1S/C48H93NO2/c1-7-10-13-14-15-16-17-18-19-20-21-22-23-24-25-28-33-38-46(41-43-49(6)45(4)5)39-34-29-26-27-30-35-40-48(50)51-44-42-47(36-31-11-8-2)37-32-12-9-3/h15-16,18-19,45-47H,7-14,17,20-44H2,1-6H3/b16-15-,19-18-. The molecule has 0 amide bonds. The van der Waals surface area contributed by atoms with Crippen molar-refractivity contribution < 1.29 is 9.53 Å². The first-order valence-corrected chi connectivity index (χ1v) is 23.1. The van der Waals surface area contributed by atoms with Gasteiger partial charge < -0.3 is 9.64 Å². The van der Waals surface area contributed by atoms with Crippen molar-refractivity contribution in [2.45, 2.75) is 246 Å². The summed E-state index contributed by atoms with van der Waals surface area (Å²) in [5.74, 6) is 1.66. The van der Waals surface area contributed by atoms with Gasteiger partial charge in [0.25, 0.3) is 0 Å². The van der Waals surface area contributed by atoms with E-state index in [1.54, 1.807) is 0 Å². The van der Waals surface area contributed by atoms with Crippen molar-refractivity contribution in [3.05, 3.63) is 24.3 Å². The average Bonchev–Trinajstić information content (AvgIpc) is 3.12. The molecule has 0 aromatic carbocycles. The number of carbonyl (C=O) groups excluding carboxylic acids is 1. The highest BCUT2D eigenvalue weighted by molar-refractivity contribution is 5.69. The van der Waals surface area contributed by atoms with Crippen molar-refractivity contribution in [1.82, 2.24) is 4.90 Å². The molecule has 0 heterocycles. The highest BCUT2D eigenvalue weighted by Gasteiger charge is 2.13. The minimum atomic E-state index is 0.0323. The zero-order valence-electron chi connectivity index (χ0n) is 35.8. The Kier molecular flexibility index (Phi) is 39.2. The van der Waals surface area contributed by atoms with Gasteiger partial charge in [-0.15, -0.1) is 0 Å². The van der Waals surface area contributed by atoms with Crippen LogP contribution in [0.4, 0.5) is 0 Å². The van der Waals surface area contributed by atoms with Crippen molar-refractivity contribution in [1.29, 1.82) is 0 Å². The molecule has 0 saturated heterocycles. The summed E-state index contributed by atoms with van der Waals surface area (Å²) in [5, 5.41) is 0. The van der Waals surface area contributed by atoms with Gasteiger partial charge in [0, 0.05) is 12.5 Å². The maximum atomic E-state index is 12.3. The van der Waals surface area contributed by atoms with E-state index >= 15 is 0 Å². The van der Waals surface area contributed by atoms with E-state index < -0.39 is 0 Å². The minimum absolute atomic E-state index is 0.0323. The molecular formula is C48H93NO2. The molecular weight excluding hydrogens is 623 g/mol. The number of allylic oxidation sites excluding steroid dienone is 4. The van der Waals surface area contributed by atoms with Crippen molar-refractivity contribution in [2.75, 3.05) is 20.2 Å². The fourth-order valence-electron chi connectivity index (χ4n) is 7.30. The molecule has 0 aliphatic rings. The monoisotopic (exact) mass is 716 g/mol. The van der Waals surface area contributed by atoms with Crippen molar-refractivity contribution in [3.8, 4) is 0 Å². The highest BCUT2D eigenvalue weighted by atomic mass is 16.5. The summed E-state index contributed by atoms with van der Waals surface area (Å²) in [5.41, 5.74) is 0. The van der Waals surface area contributed by atoms with Gasteiger partial charge in [0.05, 0.1) is 6.61 Å². The fraction of sp³-hybridized carbons (Fsp3) is 0.896. The van der Waals surface area contributed by atoms with Crippen LogP contribution in [-0.4, -0.2) is 37.1 Å². The predicted molar refractivity (Wildman–Crippen MR) is 229 cm³/mol. The second-order valence-electron chi connectivity index (χ2n) is 16.5. The van der Waals surface area contributed by atoms with Crippen LogP contribution in [0, 0.1) is 11.8 Å². The summed E-state index contributed by atoms with van der Waals surface area (Å²) in [6.45, 7) is 13.3. The van der Waals surface area contributed by atoms with E-state index in [0.717, 1.165) is 31.1 Å². The quantitative estimate of drug-likeness (QED) is 0.0359.